The van der Waals surface area contributed by atoms with Gasteiger partial charge in [-0.2, -0.15) is 0 Å². The molecule has 1 aliphatic rings. The topological polar surface area (TPSA) is 106 Å². The average Bonchev–Trinajstić information content (AvgIpc) is 2.99. The van der Waals surface area contributed by atoms with Gasteiger partial charge < -0.3 is 15.0 Å². The molecule has 0 amide bonds. The first-order valence-corrected chi connectivity index (χ1v) is 9.54. The molecule has 1 saturated heterocycles. The first-order chi connectivity index (χ1) is 13.7. The quantitative estimate of drug-likeness (QED) is 0.665. The highest BCUT2D eigenvalue weighted by Crippen LogP contribution is 2.29. The Morgan fingerprint density at radius 1 is 1.07 bits per heavy atom. The minimum Gasteiger partial charge on any atom is -0.462 e. The van der Waals surface area contributed by atoms with Gasteiger partial charge in [-0.1, -0.05) is 12.8 Å². The fourth-order valence-electron chi connectivity index (χ4n) is 3.26. The summed E-state index contributed by atoms with van der Waals surface area (Å²) >= 11 is 0. The Kier molecular flexibility index (Phi) is 5.31. The van der Waals surface area contributed by atoms with Crippen molar-refractivity contribution in [2.45, 2.75) is 32.6 Å². The molecular formula is C19H22N6O3. The molecule has 146 valence electrons. The van der Waals surface area contributed by atoms with E-state index < -0.39 is 0 Å². The Bertz CT molecular complexity index is 948. The van der Waals surface area contributed by atoms with E-state index in [4.69, 9.17) is 9.37 Å². The van der Waals surface area contributed by atoms with Crippen LogP contribution in [0.4, 0.5) is 17.3 Å². The van der Waals surface area contributed by atoms with Crippen LogP contribution in [0.15, 0.2) is 28.9 Å². The number of anilines is 3. The molecule has 1 aliphatic heterocycles. The number of hydrogen-bond donors (Lipinski definition) is 1. The van der Waals surface area contributed by atoms with E-state index in [-0.39, 0.29) is 5.97 Å². The molecule has 9 heteroatoms. The summed E-state index contributed by atoms with van der Waals surface area (Å²) in [6, 6.07) is 7.06. The first kappa shape index (κ1) is 18.1. The van der Waals surface area contributed by atoms with Crippen LogP contribution >= 0.6 is 0 Å². The van der Waals surface area contributed by atoms with Crippen molar-refractivity contribution < 1.29 is 14.2 Å². The molecule has 1 aromatic carbocycles. The van der Waals surface area contributed by atoms with E-state index in [0.29, 0.717) is 29.3 Å². The second-order valence-corrected chi connectivity index (χ2v) is 6.63. The van der Waals surface area contributed by atoms with Gasteiger partial charge in [-0.3, -0.25) is 0 Å². The van der Waals surface area contributed by atoms with Gasteiger partial charge in [0.25, 0.3) is 0 Å². The number of carbonyl (C=O) groups is 1. The van der Waals surface area contributed by atoms with Crippen molar-refractivity contribution in [3.05, 3.63) is 29.8 Å². The Morgan fingerprint density at radius 2 is 1.75 bits per heavy atom. The largest absolute Gasteiger partial charge is 0.462 e. The third-order valence-corrected chi connectivity index (χ3v) is 4.66. The molecule has 1 fully saturated rings. The van der Waals surface area contributed by atoms with Gasteiger partial charge in [0.1, 0.15) is 0 Å². The molecule has 0 atom stereocenters. The number of esters is 1. The summed E-state index contributed by atoms with van der Waals surface area (Å²) in [6.07, 6.45) is 4.67. The number of rotatable bonds is 5. The average molecular weight is 382 g/mol. The SMILES string of the molecule is CCOC(=O)c1ccc(Nc2nc3nonc3nc2N2CCCCCC2)cc1. The Hall–Kier alpha value is -3.23. The van der Waals surface area contributed by atoms with Crippen molar-refractivity contribution in [2.24, 2.45) is 0 Å². The summed E-state index contributed by atoms with van der Waals surface area (Å²) < 4.78 is 9.80. The first-order valence-electron chi connectivity index (χ1n) is 9.54. The lowest BCUT2D eigenvalue weighted by molar-refractivity contribution is 0.0526. The molecular weight excluding hydrogens is 360 g/mol. The Morgan fingerprint density at radius 3 is 2.43 bits per heavy atom. The van der Waals surface area contributed by atoms with Gasteiger partial charge in [0.15, 0.2) is 11.6 Å². The lowest BCUT2D eigenvalue weighted by atomic mass is 10.2. The summed E-state index contributed by atoms with van der Waals surface area (Å²) in [4.78, 5) is 23.2. The maximum atomic E-state index is 11.8. The summed E-state index contributed by atoms with van der Waals surface area (Å²) in [7, 11) is 0. The van der Waals surface area contributed by atoms with Gasteiger partial charge in [-0.25, -0.2) is 19.4 Å². The molecule has 0 bridgehead atoms. The highest BCUT2D eigenvalue weighted by molar-refractivity contribution is 5.90. The van der Waals surface area contributed by atoms with E-state index in [1.165, 1.54) is 12.8 Å². The smallest absolute Gasteiger partial charge is 0.338 e. The summed E-state index contributed by atoms with van der Waals surface area (Å²) in [5.74, 6) is 0.989. The minimum absolute atomic E-state index is 0.339. The third kappa shape index (κ3) is 3.88. The highest BCUT2D eigenvalue weighted by atomic mass is 16.6. The normalized spacial score (nSPS) is 14.7. The third-order valence-electron chi connectivity index (χ3n) is 4.66. The molecule has 1 N–H and O–H groups in total. The Labute approximate surface area is 162 Å². The number of nitrogens with one attached hydrogen (secondary N) is 1. The number of ether oxygens (including phenoxy) is 1. The van der Waals surface area contributed by atoms with Crippen molar-refractivity contribution in [1.82, 2.24) is 20.3 Å². The van der Waals surface area contributed by atoms with Crippen LogP contribution in [-0.2, 0) is 4.74 Å². The zero-order valence-corrected chi connectivity index (χ0v) is 15.7. The number of benzene rings is 1. The second kappa shape index (κ2) is 8.20. The van der Waals surface area contributed by atoms with Crippen LogP contribution in [-0.4, -0.2) is 45.9 Å². The maximum absolute atomic E-state index is 11.8. The number of hydrogen-bond acceptors (Lipinski definition) is 9. The molecule has 0 aliphatic carbocycles. The zero-order chi connectivity index (χ0) is 19.3. The van der Waals surface area contributed by atoms with E-state index in [2.05, 4.69) is 30.5 Å². The standard InChI is InChI=1S/C19H22N6O3/c1-2-27-19(26)13-7-9-14(10-8-13)20-17-18(25-11-5-3-4-6-12-25)22-16-15(21-17)23-28-24-16/h7-10H,2-6,11-12H2,1H3,(H,20,21,23). The van der Waals surface area contributed by atoms with Gasteiger partial charge in [0, 0.05) is 18.8 Å². The monoisotopic (exact) mass is 382 g/mol. The molecule has 0 unspecified atom stereocenters. The predicted molar refractivity (Wildman–Crippen MR) is 104 cm³/mol. The highest BCUT2D eigenvalue weighted by Gasteiger charge is 2.20. The molecule has 2 aromatic heterocycles. The van der Waals surface area contributed by atoms with Crippen LogP contribution in [0.3, 0.4) is 0 Å². The van der Waals surface area contributed by atoms with E-state index in [1.807, 2.05) is 12.1 Å². The summed E-state index contributed by atoms with van der Waals surface area (Å²) in [5, 5.41) is 10.9. The molecule has 3 aromatic rings. The summed E-state index contributed by atoms with van der Waals surface area (Å²) in [5.41, 5.74) is 2.03. The number of carbonyl (C=O) groups excluding carboxylic acids is 1. The molecule has 4 rings (SSSR count). The van der Waals surface area contributed by atoms with Gasteiger partial charge in [-0.05, 0) is 54.3 Å². The van der Waals surface area contributed by atoms with E-state index in [1.54, 1.807) is 19.1 Å². The van der Waals surface area contributed by atoms with Crippen molar-refractivity contribution in [1.29, 1.82) is 0 Å². The molecule has 0 spiro atoms. The fraction of sp³-hybridized carbons (Fsp3) is 0.421. The minimum atomic E-state index is -0.339. The van der Waals surface area contributed by atoms with Crippen LogP contribution in [0.25, 0.3) is 11.3 Å². The van der Waals surface area contributed by atoms with Crippen LogP contribution < -0.4 is 10.2 Å². The van der Waals surface area contributed by atoms with Crippen molar-refractivity contribution >= 4 is 34.6 Å². The number of nitrogens with zero attached hydrogens (tertiary/aromatic N) is 5. The van der Waals surface area contributed by atoms with Crippen LogP contribution in [0.2, 0.25) is 0 Å². The number of aromatic nitrogens is 4. The van der Waals surface area contributed by atoms with Crippen LogP contribution in [0.1, 0.15) is 43.0 Å². The maximum Gasteiger partial charge on any atom is 0.338 e. The van der Waals surface area contributed by atoms with Crippen molar-refractivity contribution in [2.75, 3.05) is 29.9 Å². The lowest BCUT2D eigenvalue weighted by Crippen LogP contribution is -2.26. The Balaban J connectivity index is 1.63. The fourth-order valence-corrected chi connectivity index (χ4v) is 3.26. The van der Waals surface area contributed by atoms with Crippen molar-refractivity contribution in [3.63, 3.8) is 0 Å². The number of fused-ring (bicyclic) bond motifs is 1. The van der Waals surface area contributed by atoms with E-state index in [0.717, 1.165) is 37.4 Å². The lowest BCUT2D eigenvalue weighted by Gasteiger charge is -2.23. The molecule has 3 heterocycles. The van der Waals surface area contributed by atoms with Crippen molar-refractivity contribution in [3.8, 4) is 0 Å². The molecule has 28 heavy (non-hydrogen) atoms. The van der Waals surface area contributed by atoms with Gasteiger partial charge in [-0.15, -0.1) is 0 Å². The van der Waals surface area contributed by atoms with Crippen LogP contribution in [0.5, 0.6) is 0 Å². The predicted octanol–water partition coefficient (Wildman–Crippen LogP) is 3.31. The molecule has 0 radical (unpaired) electrons. The zero-order valence-electron chi connectivity index (χ0n) is 15.7. The second-order valence-electron chi connectivity index (χ2n) is 6.63. The van der Waals surface area contributed by atoms with Crippen LogP contribution in [0, 0.1) is 0 Å². The van der Waals surface area contributed by atoms with Gasteiger partial charge >= 0.3 is 5.97 Å². The van der Waals surface area contributed by atoms with Gasteiger partial charge in [0.05, 0.1) is 12.2 Å². The molecule has 0 saturated carbocycles. The van der Waals surface area contributed by atoms with E-state index >= 15 is 0 Å². The molecule has 9 nitrogen and oxygen atoms in total. The summed E-state index contributed by atoms with van der Waals surface area (Å²) in [6.45, 7) is 3.97. The van der Waals surface area contributed by atoms with Gasteiger partial charge in [0.2, 0.25) is 11.3 Å². The van der Waals surface area contributed by atoms with E-state index in [9.17, 15) is 4.79 Å².